The molecule has 5 nitrogen and oxygen atoms in total. The van der Waals surface area contributed by atoms with Crippen LogP contribution in [0.3, 0.4) is 0 Å². The number of likely N-dealkylation sites (N-methyl/N-ethyl adjacent to an activating group) is 1. The van der Waals surface area contributed by atoms with Crippen molar-refractivity contribution in [3.05, 3.63) is 0 Å². The number of hydrogen-bond acceptors (Lipinski definition) is 4. The topological polar surface area (TPSA) is 55.8 Å². The summed E-state index contributed by atoms with van der Waals surface area (Å²) in [5.74, 6) is -0.720. The number of nitrogens with zero attached hydrogens (tertiary/aromatic N) is 2. The zero-order valence-electron chi connectivity index (χ0n) is 9.57. The first-order valence-electron chi connectivity index (χ1n) is 5.40. The summed E-state index contributed by atoms with van der Waals surface area (Å²) in [6.07, 6.45) is 0.221. The zero-order chi connectivity index (χ0) is 11.3. The van der Waals surface area contributed by atoms with Crippen LogP contribution in [0.5, 0.6) is 0 Å². The lowest BCUT2D eigenvalue weighted by atomic mass is 10.1. The zero-order valence-corrected chi connectivity index (χ0v) is 9.57. The van der Waals surface area contributed by atoms with Gasteiger partial charge in [0.15, 0.2) is 0 Å². The van der Waals surface area contributed by atoms with Gasteiger partial charge in [-0.25, -0.2) is 0 Å². The average Bonchev–Trinajstić information content (AvgIpc) is 2.14. The molecule has 0 saturated carbocycles. The average molecular weight is 215 g/mol. The number of hydrogen-bond donors (Lipinski definition) is 2. The summed E-state index contributed by atoms with van der Waals surface area (Å²) in [5.41, 5.74) is 0. The number of aliphatic carboxylic acids is 1. The minimum atomic E-state index is -0.720. The summed E-state index contributed by atoms with van der Waals surface area (Å²) in [6, 6.07) is 0.110. The Kier molecular flexibility index (Phi) is 5.01. The second-order valence-corrected chi connectivity index (χ2v) is 4.35. The van der Waals surface area contributed by atoms with Crippen molar-refractivity contribution in [2.75, 3.05) is 46.8 Å². The quantitative estimate of drug-likeness (QED) is 0.635. The Balaban J connectivity index is 2.25. The Labute approximate surface area is 91.0 Å². The third-order valence-electron chi connectivity index (χ3n) is 2.62. The molecule has 0 amide bonds. The monoisotopic (exact) mass is 215 g/mol. The molecule has 0 aromatic rings. The molecule has 0 aliphatic carbocycles. The van der Waals surface area contributed by atoms with Crippen molar-refractivity contribution in [2.24, 2.45) is 0 Å². The summed E-state index contributed by atoms with van der Waals surface area (Å²) in [7, 11) is 4.11. The molecule has 0 radical (unpaired) electrons. The van der Waals surface area contributed by atoms with Gasteiger partial charge in [-0.05, 0) is 14.1 Å². The van der Waals surface area contributed by atoms with Gasteiger partial charge in [-0.2, -0.15) is 0 Å². The van der Waals surface area contributed by atoms with E-state index in [1.165, 1.54) is 0 Å². The number of carboxylic acid groups (broad SMARTS) is 1. The van der Waals surface area contributed by atoms with E-state index in [1.807, 2.05) is 0 Å². The van der Waals surface area contributed by atoms with Gasteiger partial charge >= 0.3 is 5.97 Å². The van der Waals surface area contributed by atoms with Crippen molar-refractivity contribution >= 4 is 5.97 Å². The molecule has 1 saturated heterocycles. The van der Waals surface area contributed by atoms with Gasteiger partial charge < -0.3 is 15.3 Å². The molecule has 0 aromatic heterocycles. The van der Waals surface area contributed by atoms with Gasteiger partial charge in [-0.15, -0.1) is 0 Å². The lowest BCUT2D eigenvalue weighted by Crippen LogP contribution is -2.52. The molecule has 1 fully saturated rings. The van der Waals surface area contributed by atoms with E-state index in [-0.39, 0.29) is 12.5 Å². The van der Waals surface area contributed by atoms with Crippen LogP contribution in [-0.4, -0.2) is 73.7 Å². The Bertz CT molecular complexity index is 209. The molecular weight excluding hydrogens is 194 g/mol. The lowest BCUT2D eigenvalue weighted by molar-refractivity contribution is -0.137. The van der Waals surface area contributed by atoms with Crippen LogP contribution in [0.4, 0.5) is 0 Å². The number of nitrogens with one attached hydrogen (secondary N) is 1. The lowest BCUT2D eigenvalue weighted by Gasteiger charge is -2.33. The van der Waals surface area contributed by atoms with Gasteiger partial charge in [0, 0.05) is 38.8 Å². The van der Waals surface area contributed by atoms with Crippen LogP contribution in [0.2, 0.25) is 0 Å². The smallest absolute Gasteiger partial charge is 0.304 e. The van der Waals surface area contributed by atoms with E-state index in [4.69, 9.17) is 5.11 Å². The minimum absolute atomic E-state index is 0.110. The van der Waals surface area contributed by atoms with Crippen LogP contribution in [0, 0.1) is 0 Å². The molecule has 1 rings (SSSR count). The maximum absolute atomic E-state index is 10.6. The minimum Gasteiger partial charge on any atom is -0.481 e. The van der Waals surface area contributed by atoms with Crippen molar-refractivity contribution in [3.8, 4) is 0 Å². The number of carbonyl (C=O) groups is 1. The fourth-order valence-corrected chi connectivity index (χ4v) is 1.79. The highest BCUT2D eigenvalue weighted by Gasteiger charge is 2.20. The van der Waals surface area contributed by atoms with Gasteiger partial charge in [-0.1, -0.05) is 0 Å². The fourth-order valence-electron chi connectivity index (χ4n) is 1.79. The molecule has 1 aliphatic rings. The van der Waals surface area contributed by atoms with Crippen LogP contribution in [0.15, 0.2) is 0 Å². The molecule has 1 aliphatic heterocycles. The Hall–Kier alpha value is -0.650. The van der Waals surface area contributed by atoms with E-state index in [9.17, 15) is 4.79 Å². The summed E-state index contributed by atoms with van der Waals surface area (Å²) in [4.78, 5) is 15.0. The van der Waals surface area contributed by atoms with E-state index in [2.05, 4.69) is 29.2 Å². The van der Waals surface area contributed by atoms with Crippen molar-refractivity contribution in [3.63, 3.8) is 0 Å². The van der Waals surface area contributed by atoms with Gasteiger partial charge in [-0.3, -0.25) is 9.69 Å². The highest BCUT2D eigenvalue weighted by Crippen LogP contribution is 2.02. The third kappa shape index (κ3) is 5.11. The van der Waals surface area contributed by atoms with Crippen LogP contribution < -0.4 is 5.32 Å². The van der Waals surface area contributed by atoms with E-state index < -0.39 is 5.97 Å². The van der Waals surface area contributed by atoms with Crippen LogP contribution in [0.25, 0.3) is 0 Å². The third-order valence-corrected chi connectivity index (χ3v) is 2.62. The fraction of sp³-hybridized carbons (Fsp3) is 0.900. The van der Waals surface area contributed by atoms with Crippen molar-refractivity contribution in [1.29, 1.82) is 0 Å². The molecule has 1 heterocycles. The van der Waals surface area contributed by atoms with E-state index in [1.54, 1.807) is 0 Å². The predicted octanol–water partition coefficient (Wildman–Crippen LogP) is -0.703. The Morgan fingerprint density at radius 1 is 1.60 bits per heavy atom. The second-order valence-electron chi connectivity index (χ2n) is 4.35. The highest BCUT2D eigenvalue weighted by molar-refractivity contribution is 5.67. The molecule has 1 atom stereocenters. The van der Waals surface area contributed by atoms with E-state index in [0.717, 1.165) is 32.7 Å². The van der Waals surface area contributed by atoms with Crippen LogP contribution in [-0.2, 0) is 4.79 Å². The summed E-state index contributed by atoms with van der Waals surface area (Å²) in [5, 5.41) is 11.9. The first-order valence-corrected chi connectivity index (χ1v) is 5.40. The SMILES string of the molecule is CN(C)CCN1CCNC(CC(=O)O)C1. The molecule has 0 bridgehead atoms. The predicted molar refractivity (Wildman–Crippen MR) is 59.0 cm³/mol. The highest BCUT2D eigenvalue weighted by atomic mass is 16.4. The van der Waals surface area contributed by atoms with Crippen LogP contribution in [0.1, 0.15) is 6.42 Å². The number of carboxylic acids is 1. The maximum Gasteiger partial charge on any atom is 0.304 e. The molecule has 2 N–H and O–H groups in total. The first kappa shape index (κ1) is 12.4. The molecule has 1 unspecified atom stereocenters. The van der Waals surface area contributed by atoms with Gasteiger partial charge in [0.2, 0.25) is 0 Å². The summed E-state index contributed by atoms with van der Waals surface area (Å²) >= 11 is 0. The Morgan fingerprint density at radius 3 is 2.93 bits per heavy atom. The van der Waals surface area contributed by atoms with Crippen LogP contribution >= 0.6 is 0 Å². The van der Waals surface area contributed by atoms with E-state index in [0.29, 0.717) is 0 Å². The van der Waals surface area contributed by atoms with Gasteiger partial charge in [0.25, 0.3) is 0 Å². The molecule has 5 heteroatoms. The standard InChI is InChI=1S/C10H21N3O2/c1-12(2)5-6-13-4-3-11-9(8-13)7-10(14)15/h9,11H,3-8H2,1-2H3,(H,14,15). The van der Waals surface area contributed by atoms with Gasteiger partial charge in [0.1, 0.15) is 0 Å². The van der Waals surface area contributed by atoms with E-state index >= 15 is 0 Å². The number of piperazine rings is 1. The summed E-state index contributed by atoms with van der Waals surface area (Å²) in [6.45, 7) is 4.81. The number of rotatable bonds is 5. The second kappa shape index (κ2) is 6.05. The Morgan fingerprint density at radius 2 is 2.33 bits per heavy atom. The normalized spacial score (nSPS) is 23.3. The molecule has 0 aromatic carbocycles. The first-order chi connectivity index (χ1) is 7.08. The summed E-state index contributed by atoms with van der Waals surface area (Å²) < 4.78 is 0. The molecule has 88 valence electrons. The molecular formula is C10H21N3O2. The molecule has 15 heavy (non-hydrogen) atoms. The van der Waals surface area contributed by atoms with Crippen molar-refractivity contribution in [2.45, 2.75) is 12.5 Å². The van der Waals surface area contributed by atoms with Gasteiger partial charge in [0.05, 0.1) is 6.42 Å². The largest absolute Gasteiger partial charge is 0.481 e. The maximum atomic E-state index is 10.6. The van der Waals surface area contributed by atoms with Crippen molar-refractivity contribution in [1.82, 2.24) is 15.1 Å². The van der Waals surface area contributed by atoms with Crippen molar-refractivity contribution < 1.29 is 9.90 Å². The molecule has 0 spiro atoms.